The van der Waals surface area contributed by atoms with Gasteiger partial charge in [-0.3, -0.25) is 19.4 Å². The van der Waals surface area contributed by atoms with Crippen molar-refractivity contribution in [3.05, 3.63) is 59.4 Å². The Morgan fingerprint density at radius 3 is 2.70 bits per heavy atom. The topological polar surface area (TPSA) is 122 Å². The summed E-state index contributed by atoms with van der Waals surface area (Å²) < 4.78 is 0. The highest BCUT2D eigenvalue weighted by atomic mass is 35.5. The van der Waals surface area contributed by atoms with E-state index in [-0.39, 0.29) is 30.7 Å². The Hall–Kier alpha value is -3.90. The summed E-state index contributed by atoms with van der Waals surface area (Å²) in [7, 11) is 1.62. The first kappa shape index (κ1) is 24.8. The predicted molar refractivity (Wildman–Crippen MR) is 139 cm³/mol. The van der Waals surface area contributed by atoms with Crippen LogP contribution < -0.4 is 5.32 Å². The maximum atomic E-state index is 13.8. The Labute approximate surface area is 219 Å². The first-order valence-electron chi connectivity index (χ1n) is 12.3. The van der Waals surface area contributed by atoms with Crippen LogP contribution in [0.3, 0.4) is 0 Å². The van der Waals surface area contributed by atoms with Crippen molar-refractivity contribution >= 4 is 46.0 Å². The lowest BCUT2D eigenvalue weighted by molar-refractivity contribution is -0.136. The smallest absolute Gasteiger partial charge is 0.270 e. The van der Waals surface area contributed by atoms with E-state index in [0.717, 1.165) is 18.4 Å². The number of H-pyrrole nitrogens is 1. The van der Waals surface area contributed by atoms with Crippen LogP contribution in [-0.2, 0) is 9.59 Å². The molecule has 1 aromatic carbocycles. The summed E-state index contributed by atoms with van der Waals surface area (Å²) in [6.07, 6.45) is 4.44. The number of nitrogens with zero attached hydrogens (tertiary/aromatic N) is 4. The van der Waals surface area contributed by atoms with E-state index in [4.69, 9.17) is 11.6 Å². The van der Waals surface area contributed by atoms with E-state index in [1.54, 1.807) is 49.6 Å². The third-order valence-corrected chi connectivity index (χ3v) is 7.41. The molecule has 2 fully saturated rings. The number of likely N-dealkylation sites (tertiary alicyclic amines) is 1. The van der Waals surface area contributed by atoms with Crippen LogP contribution in [0.25, 0.3) is 11.0 Å². The van der Waals surface area contributed by atoms with Crippen molar-refractivity contribution in [2.45, 2.75) is 37.8 Å². The molecule has 2 N–H and O–H groups in total. The number of halogens is 1. The average molecular weight is 519 g/mol. The number of nitrogens with one attached hydrogen (secondary N) is 2. The molecule has 2 aromatic heterocycles. The number of hydrogen-bond donors (Lipinski definition) is 2. The zero-order valence-electron chi connectivity index (χ0n) is 20.4. The van der Waals surface area contributed by atoms with E-state index in [2.05, 4.69) is 21.4 Å². The highest BCUT2D eigenvalue weighted by molar-refractivity contribution is 6.30. The zero-order chi connectivity index (χ0) is 26.1. The Bertz CT molecular complexity index is 1340. The number of aromatic amines is 1. The molecule has 1 saturated carbocycles. The molecule has 3 heterocycles. The van der Waals surface area contributed by atoms with Gasteiger partial charge >= 0.3 is 0 Å². The molecule has 3 atom stereocenters. The number of amides is 3. The molecule has 10 heteroatoms. The number of likely N-dealkylation sites (N-methyl/N-ethyl adjacent to an activating group) is 1. The average Bonchev–Trinajstić information content (AvgIpc) is 3.45. The second-order valence-corrected chi connectivity index (χ2v) is 10.2. The number of rotatable bonds is 7. The SMILES string of the molecule is CN(C(=O)c1cc2ncccc2[nH]1)C(CC1CC1)C(=O)N1CC(C(=O)Nc2ccc(Cl)cc2)CC1C#N. The highest BCUT2D eigenvalue weighted by Gasteiger charge is 2.44. The summed E-state index contributed by atoms with van der Waals surface area (Å²) in [5, 5.41) is 13.2. The molecule has 2 aliphatic rings. The van der Waals surface area contributed by atoms with Gasteiger partial charge in [-0.05, 0) is 61.2 Å². The number of hydrogen-bond acceptors (Lipinski definition) is 5. The van der Waals surface area contributed by atoms with Gasteiger partial charge in [0.2, 0.25) is 11.8 Å². The molecule has 1 saturated heterocycles. The molecule has 190 valence electrons. The minimum absolute atomic E-state index is 0.121. The van der Waals surface area contributed by atoms with Crippen LogP contribution in [0.15, 0.2) is 48.7 Å². The fraction of sp³-hybridized carbons (Fsp3) is 0.370. The van der Waals surface area contributed by atoms with Crippen LogP contribution in [-0.4, -0.2) is 63.2 Å². The van der Waals surface area contributed by atoms with Crippen LogP contribution in [0.4, 0.5) is 5.69 Å². The number of benzene rings is 1. The maximum absolute atomic E-state index is 13.8. The number of carbonyl (C=O) groups excluding carboxylic acids is 3. The minimum atomic E-state index is -0.740. The van der Waals surface area contributed by atoms with E-state index in [0.29, 0.717) is 34.3 Å². The first-order chi connectivity index (χ1) is 17.8. The van der Waals surface area contributed by atoms with E-state index >= 15 is 0 Å². The normalized spacial score (nSPS) is 19.9. The van der Waals surface area contributed by atoms with Crippen molar-refractivity contribution in [1.29, 1.82) is 5.26 Å². The molecule has 37 heavy (non-hydrogen) atoms. The van der Waals surface area contributed by atoms with Crippen LogP contribution in [0.5, 0.6) is 0 Å². The predicted octanol–water partition coefficient (Wildman–Crippen LogP) is 3.84. The molecular formula is C27H27ClN6O3. The third kappa shape index (κ3) is 5.30. The van der Waals surface area contributed by atoms with Crippen molar-refractivity contribution in [3.63, 3.8) is 0 Å². The number of nitriles is 1. The van der Waals surface area contributed by atoms with Crippen molar-refractivity contribution in [2.75, 3.05) is 18.9 Å². The molecule has 5 rings (SSSR count). The molecule has 9 nitrogen and oxygen atoms in total. The van der Waals surface area contributed by atoms with E-state index in [1.165, 1.54) is 9.80 Å². The van der Waals surface area contributed by atoms with Crippen molar-refractivity contribution in [3.8, 4) is 6.07 Å². The zero-order valence-corrected chi connectivity index (χ0v) is 21.1. The van der Waals surface area contributed by atoms with Gasteiger partial charge < -0.3 is 20.1 Å². The summed E-state index contributed by atoms with van der Waals surface area (Å²) in [5.41, 5.74) is 2.35. The van der Waals surface area contributed by atoms with Gasteiger partial charge in [-0.25, -0.2) is 0 Å². The fourth-order valence-electron chi connectivity index (χ4n) is 4.86. The molecule has 0 spiro atoms. The molecule has 3 unspecified atom stereocenters. The lowest BCUT2D eigenvalue weighted by atomic mass is 10.1. The summed E-state index contributed by atoms with van der Waals surface area (Å²) >= 11 is 5.92. The molecule has 1 aliphatic heterocycles. The van der Waals surface area contributed by atoms with Gasteiger partial charge in [-0.15, -0.1) is 0 Å². The van der Waals surface area contributed by atoms with E-state index in [9.17, 15) is 19.6 Å². The van der Waals surface area contributed by atoms with E-state index in [1.807, 2.05) is 6.07 Å². The molecular weight excluding hydrogens is 492 g/mol. The number of aromatic nitrogens is 2. The Balaban J connectivity index is 1.32. The first-order valence-corrected chi connectivity index (χ1v) is 12.7. The monoisotopic (exact) mass is 518 g/mol. The summed E-state index contributed by atoms with van der Waals surface area (Å²) in [5.74, 6) is -1.05. The van der Waals surface area contributed by atoms with Gasteiger partial charge in [0.05, 0.1) is 23.0 Å². The molecule has 0 radical (unpaired) electrons. The molecule has 0 bridgehead atoms. The van der Waals surface area contributed by atoms with Crippen molar-refractivity contribution in [1.82, 2.24) is 19.8 Å². The lowest BCUT2D eigenvalue weighted by Crippen LogP contribution is -2.51. The van der Waals surface area contributed by atoms with Gasteiger partial charge in [0.1, 0.15) is 17.8 Å². The third-order valence-electron chi connectivity index (χ3n) is 7.16. The second-order valence-electron chi connectivity index (χ2n) is 9.79. The van der Waals surface area contributed by atoms with Gasteiger partial charge in [-0.1, -0.05) is 24.4 Å². The number of anilines is 1. The van der Waals surface area contributed by atoms with Gasteiger partial charge in [0.25, 0.3) is 5.91 Å². The fourth-order valence-corrected chi connectivity index (χ4v) is 4.98. The van der Waals surface area contributed by atoms with E-state index < -0.39 is 18.0 Å². The van der Waals surface area contributed by atoms with Gasteiger partial charge in [0.15, 0.2) is 0 Å². The number of fused-ring (bicyclic) bond motifs is 1. The van der Waals surface area contributed by atoms with Crippen LogP contribution in [0, 0.1) is 23.2 Å². The summed E-state index contributed by atoms with van der Waals surface area (Å²) in [4.78, 5) is 50.4. The second kappa shape index (κ2) is 10.2. The standard InChI is InChI=1S/C27H27ClN6O3/c1-33(26(36)23-13-22-21(32-23)3-2-10-30-22)24(11-16-4-5-16)27(37)34-15-17(12-20(34)14-29)25(35)31-19-8-6-18(28)7-9-19/h2-3,6-10,13,16-17,20,24,32H,4-5,11-12,15H2,1H3,(H,31,35). The highest BCUT2D eigenvalue weighted by Crippen LogP contribution is 2.36. The Kier molecular flexibility index (Phi) is 6.85. The molecule has 3 aromatic rings. The molecule has 1 aliphatic carbocycles. The van der Waals surface area contributed by atoms with Crippen molar-refractivity contribution < 1.29 is 14.4 Å². The lowest BCUT2D eigenvalue weighted by Gasteiger charge is -2.32. The van der Waals surface area contributed by atoms with Crippen LogP contribution in [0.2, 0.25) is 5.02 Å². The Morgan fingerprint density at radius 1 is 1.27 bits per heavy atom. The summed E-state index contributed by atoms with van der Waals surface area (Å²) in [6, 6.07) is 12.8. The minimum Gasteiger partial charge on any atom is -0.349 e. The maximum Gasteiger partial charge on any atom is 0.270 e. The Morgan fingerprint density at radius 2 is 2.03 bits per heavy atom. The summed E-state index contributed by atoms with van der Waals surface area (Å²) in [6.45, 7) is 0.121. The van der Waals surface area contributed by atoms with Crippen LogP contribution >= 0.6 is 11.6 Å². The van der Waals surface area contributed by atoms with Crippen LogP contribution in [0.1, 0.15) is 36.2 Å². The number of pyridine rings is 1. The quantitative estimate of drug-likeness (QED) is 0.492. The van der Waals surface area contributed by atoms with Crippen molar-refractivity contribution in [2.24, 2.45) is 11.8 Å². The number of carbonyl (C=O) groups is 3. The van der Waals surface area contributed by atoms with Gasteiger partial charge in [-0.2, -0.15) is 5.26 Å². The molecule has 3 amide bonds. The van der Waals surface area contributed by atoms with Gasteiger partial charge in [0, 0.05) is 30.5 Å². The largest absolute Gasteiger partial charge is 0.349 e.